The average Bonchev–Trinajstić information content (AvgIpc) is 3.46. The second-order valence-electron chi connectivity index (χ2n) is 22.0. The van der Waals surface area contributed by atoms with E-state index in [0.29, 0.717) is 19.3 Å². The van der Waals surface area contributed by atoms with Crippen molar-refractivity contribution in [2.45, 2.75) is 309 Å². The summed E-state index contributed by atoms with van der Waals surface area (Å²) in [5.74, 6) is -0.966. The zero-order valence-electron chi connectivity index (χ0n) is 52.8. The molecule has 0 rings (SSSR count). The van der Waals surface area contributed by atoms with Gasteiger partial charge in [-0.1, -0.05) is 289 Å². The summed E-state index contributed by atoms with van der Waals surface area (Å²) in [6.07, 6.45) is 96.3. The van der Waals surface area contributed by atoms with E-state index < -0.39 is 6.10 Å². The highest BCUT2D eigenvalue weighted by Gasteiger charge is 2.19. The van der Waals surface area contributed by atoms with Crippen LogP contribution in [0.15, 0.2) is 134 Å². The number of allylic oxidation sites excluding steroid dienone is 22. The summed E-state index contributed by atoms with van der Waals surface area (Å²) >= 11 is 0. The molecule has 0 saturated heterocycles. The molecule has 0 heterocycles. The van der Waals surface area contributed by atoms with Crippen LogP contribution >= 0.6 is 0 Å². The molecule has 6 heteroatoms. The molecule has 1 unspecified atom stereocenters. The van der Waals surface area contributed by atoms with Crippen LogP contribution in [0.5, 0.6) is 0 Å². The molecule has 0 radical (unpaired) electrons. The summed E-state index contributed by atoms with van der Waals surface area (Å²) in [6.45, 7) is 6.36. The van der Waals surface area contributed by atoms with Gasteiger partial charge in [0.15, 0.2) is 6.10 Å². The SMILES string of the molecule is CC/C=C\C/C=C\C/C=C\C/C=C\C/C=C\CCCCCCCCCCCCCCCCCCCC(=O)OCC(COC(=O)CCCCCCC/C=C\CCCCCC)OC(=O)CCC/C=C\C/C=C\C/C=C\C/C=C\C/C=C\CC. The van der Waals surface area contributed by atoms with Crippen molar-refractivity contribution in [1.29, 1.82) is 0 Å². The molecule has 0 bridgehead atoms. The molecule has 0 amide bonds. The lowest BCUT2D eigenvalue weighted by molar-refractivity contribution is -0.167. The Morgan fingerprint density at radius 2 is 0.494 bits per heavy atom. The van der Waals surface area contributed by atoms with Gasteiger partial charge in [-0.3, -0.25) is 14.4 Å². The van der Waals surface area contributed by atoms with Gasteiger partial charge in [0, 0.05) is 19.3 Å². The maximum Gasteiger partial charge on any atom is 0.306 e. The topological polar surface area (TPSA) is 78.9 Å². The van der Waals surface area contributed by atoms with Crippen molar-refractivity contribution in [3.8, 4) is 0 Å². The molecular formula is C75H124O6. The molecule has 0 N–H and O–H groups in total. The molecule has 0 aromatic heterocycles. The lowest BCUT2D eigenvalue weighted by atomic mass is 10.0. The highest BCUT2D eigenvalue weighted by atomic mass is 16.6. The molecule has 0 aliphatic carbocycles. The first-order valence-corrected chi connectivity index (χ1v) is 33.7. The number of carbonyl (C=O) groups excluding carboxylic acids is 3. The molecule has 460 valence electrons. The van der Waals surface area contributed by atoms with Crippen molar-refractivity contribution in [1.82, 2.24) is 0 Å². The van der Waals surface area contributed by atoms with Crippen LogP contribution in [0.2, 0.25) is 0 Å². The monoisotopic (exact) mass is 1120 g/mol. The summed E-state index contributed by atoms with van der Waals surface area (Å²) in [7, 11) is 0. The van der Waals surface area contributed by atoms with E-state index in [9.17, 15) is 14.4 Å². The minimum Gasteiger partial charge on any atom is -0.462 e. The molecule has 1 atom stereocenters. The third-order valence-electron chi connectivity index (χ3n) is 14.1. The highest BCUT2D eigenvalue weighted by molar-refractivity contribution is 5.71. The van der Waals surface area contributed by atoms with E-state index in [1.165, 1.54) is 135 Å². The quantitative estimate of drug-likeness (QED) is 0.0261. The Labute approximate surface area is 500 Å². The van der Waals surface area contributed by atoms with E-state index in [0.717, 1.165) is 122 Å². The number of carbonyl (C=O) groups is 3. The van der Waals surface area contributed by atoms with Gasteiger partial charge in [-0.15, -0.1) is 0 Å². The van der Waals surface area contributed by atoms with Crippen LogP contribution in [0.4, 0.5) is 0 Å². The molecule has 0 aromatic carbocycles. The molecule has 0 aliphatic rings. The molecule has 0 saturated carbocycles. The fourth-order valence-corrected chi connectivity index (χ4v) is 9.15. The van der Waals surface area contributed by atoms with Crippen LogP contribution in [0, 0.1) is 0 Å². The Morgan fingerprint density at radius 1 is 0.259 bits per heavy atom. The zero-order valence-corrected chi connectivity index (χ0v) is 52.8. The number of esters is 3. The molecule has 0 aliphatic heterocycles. The Hall–Kier alpha value is -4.45. The summed E-state index contributed by atoms with van der Waals surface area (Å²) < 4.78 is 16.9. The Kier molecular flexibility index (Phi) is 64.3. The van der Waals surface area contributed by atoms with Gasteiger partial charge in [0.05, 0.1) is 0 Å². The summed E-state index contributed by atoms with van der Waals surface area (Å²) in [6, 6.07) is 0. The first kappa shape index (κ1) is 76.5. The second kappa shape index (κ2) is 68.1. The second-order valence-corrected chi connectivity index (χ2v) is 22.0. The van der Waals surface area contributed by atoms with Gasteiger partial charge >= 0.3 is 17.9 Å². The Morgan fingerprint density at radius 3 is 0.802 bits per heavy atom. The van der Waals surface area contributed by atoms with Crippen molar-refractivity contribution in [2.75, 3.05) is 13.2 Å². The average molecular weight is 1120 g/mol. The fourth-order valence-electron chi connectivity index (χ4n) is 9.15. The van der Waals surface area contributed by atoms with Crippen LogP contribution in [-0.4, -0.2) is 37.2 Å². The lowest BCUT2D eigenvalue weighted by Gasteiger charge is -2.18. The Balaban J connectivity index is 4.24. The minimum absolute atomic E-state index is 0.104. The zero-order chi connectivity index (χ0) is 58.5. The summed E-state index contributed by atoms with van der Waals surface area (Å²) in [5.41, 5.74) is 0. The number of unbranched alkanes of at least 4 members (excludes halogenated alkanes) is 27. The number of hydrogen-bond donors (Lipinski definition) is 0. The normalized spacial score (nSPS) is 13.0. The van der Waals surface area contributed by atoms with E-state index in [1.54, 1.807) is 0 Å². The predicted molar refractivity (Wildman–Crippen MR) is 353 cm³/mol. The van der Waals surface area contributed by atoms with Crippen molar-refractivity contribution in [3.05, 3.63) is 134 Å². The maximum absolute atomic E-state index is 12.9. The van der Waals surface area contributed by atoms with Crippen molar-refractivity contribution in [2.24, 2.45) is 0 Å². The first-order valence-electron chi connectivity index (χ1n) is 33.7. The van der Waals surface area contributed by atoms with Gasteiger partial charge < -0.3 is 14.2 Å². The van der Waals surface area contributed by atoms with E-state index >= 15 is 0 Å². The van der Waals surface area contributed by atoms with Gasteiger partial charge in [-0.25, -0.2) is 0 Å². The van der Waals surface area contributed by atoms with E-state index in [1.807, 2.05) is 0 Å². The predicted octanol–water partition coefficient (Wildman–Crippen LogP) is 23.3. The number of hydrogen-bond acceptors (Lipinski definition) is 6. The highest BCUT2D eigenvalue weighted by Crippen LogP contribution is 2.16. The van der Waals surface area contributed by atoms with Crippen molar-refractivity contribution >= 4 is 17.9 Å². The van der Waals surface area contributed by atoms with Crippen LogP contribution in [0.25, 0.3) is 0 Å². The number of ether oxygens (including phenoxy) is 3. The molecule has 0 spiro atoms. The largest absolute Gasteiger partial charge is 0.462 e. The van der Waals surface area contributed by atoms with E-state index in [-0.39, 0.29) is 37.5 Å². The lowest BCUT2D eigenvalue weighted by Crippen LogP contribution is -2.30. The van der Waals surface area contributed by atoms with Gasteiger partial charge in [-0.05, 0) is 128 Å². The maximum atomic E-state index is 12.9. The minimum atomic E-state index is -0.814. The first-order chi connectivity index (χ1) is 40.0. The van der Waals surface area contributed by atoms with Gasteiger partial charge in [0.1, 0.15) is 13.2 Å². The van der Waals surface area contributed by atoms with E-state index in [2.05, 4.69) is 154 Å². The third kappa shape index (κ3) is 66.2. The fraction of sp³-hybridized carbons (Fsp3) is 0.667. The molecule has 0 fully saturated rings. The van der Waals surface area contributed by atoms with E-state index in [4.69, 9.17) is 14.2 Å². The van der Waals surface area contributed by atoms with Crippen molar-refractivity contribution in [3.63, 3.8) is 0 Å². The summed E-state index contributed by atoms with van der Waals surface area (Å²) in [4.78, 5) is 38.3. The smallest absolute Gasteiger partial charge is 0.306 e. The Bertz CT molecular complexity index is 1720. The van der Waals surface area contributed by atoms with Gasteiger partial charge in [-0.2, -0.15) is 0 Å². The van der Waals surface area contributed by atoms with Crippen LogP contribution in [0.3, 0.4) is 0 Å². The number of rotatable bonds is 60. The summed E-state index contributed by atoms with van der Waals surface area (Å²) in [5, 5.41) is 0. The molecule has 6 nitrogen and oxygen atoms in total. The van der Waals surface area contributed by atoms with Crippen LogP contribution < -0.4 is 0 Å². The molecular weight excluding hydrogens is 997 g/mol. The van der Waals surface area contributed by atoms with Crippen molar-refractivity contribution < 1.29 is 28.6 Å². The van der Waals surface area contributed by atoms with Gasteiger partial charge in [0.25, 0.3) is 0 Å². The van der Waals surface area contributed by atoms with Crippen LogP contribution in [0.1, 0.15) is 303 Å². The third-order valence-corrected chi connectivity index (χ3v) is 14.1. The van der Waals surface area contributed by atoms with Gasteiger partial charge in [0.2, 0.25) is 0 Å². The standard InChI is InChI=1S/C75H124O6/c1-4-7-10-13-16-19-22-25-27-29-30-31-32-33-34-35-36-37-38-39-40-41-42-43-44-46-47-50-53-56-59-62-65-68-74(77)80-71-72(70-79-73(76)67-64-61-58-55-52-49-24-21-18-15-12-9-6-3)81-75(78)69-66-63-60-57-54-51-48-45-28-26-23-20-17-14-11-8-5-2/h7-8,10-11,16-17,19-21,24-28,30-31,33-34,48,51,57,60,72H,4-6,9,12-15,18,22-23,29,32,35-47,49-50,52-56,58-59,61-71H2,1-3H3/b10-7-,11-8-,19-16-,20-17-,24-21-,27-25-,28-26-,31-30-,34-33-,51-48-,60-57-. The molecule has 0 aromatic rings. The molecule has 81 heavy (non-hydrogen) atoms. The van der Waals surface area contributed by atoms with Crippen LogP contribution in [-0.2, 0) is 28.6 Å².